The summed E-state index contributed by atoms with van der Waals surface area (Å²) in [5.74, 6) is 0.151. The number of anilines is 1. The number of nitrogens with one attached hydrogen (secondary N) is 1. The maximum atomic E-state index is 12.4. The first-order chi connectivity index (χ1) is 12.0. The van der Waals surface area contributed by atoms with Crippen LogP contribution in [0.4, 0.5) is 5.69 Å². The number of ketones is 1. The van der Waals surface area contributed by atoms with Crippen LogP contribution in [0, 0.1) is 5.41 Å². The molecule has 140 valence electrons. The van der Waals surface area contributed by atoms with E-state index in [0.29, 0.717) is 16.4 Å². The van der Waals surface area contributed by atoms with E-state index in [0.717, 1.165) is 0 Å². The summed E-state index contributed by atoms with van der Waals surface area (Å²) in [4.78, 5) is 24.4. The standard InChI is InChI=1S/C18H25N5O2S/c1-17(2,3)15(25)19-13-9-7-12(8-10-13)14(24)11-26-16-20-21-22-23(16)18(4,5)6/h7-10H,11H2,1-6H3,(H,19,25). The molecule has 0 fully saturated rings. The lowest BCUT2D eigenvalue weighted by molar-refractivity contribution is -0.123. The Morgan fingerprint density at radius 3 is 2.23 bits per heavy atom. The third-order valence-electron chi connectivity index (χ3n) is 3.55. The summed E-state index contributed by atoms with van der Waals surface area (Å²) in [5, 5.41) is 15.1. The number of amides is 1. The number of tetrazole rings is 1. The summed E-state index contributed by atoms with van der Waals surface area (Å²) >= 11 is 1.31. The van der Waals surface area contributed by atoms with E-state index in [4.69, 9.17) is 0 Å². The molecule has 1 heterocycles. The van der Waals surface area contributed by atoms with E-state index in [1.54, 1.807) is 28.9 Å². The number of Topliss-reactive ketones (excluding diaryl/α,β-unsaturated/α-hetero) is 1. The van der Waals surface area contributed by atoms with E-state index in [2.05, 4.69) is 20.8 Å². The van der Waals surface area contributed by atoms with Crippen molar-refractivity contribution in [3.8, 4) is 0 Å². The third kappa shape index (κ3) is 5.14. The molecule has 0 unspecified atom stereocenters. The highest BCUT2D eigenvalue weighted by atomic mass is 32.2. The number of carbonyl (C=O) groups excluding carboxylic acids is 2. The Morgan fingerprint density at radius 2 is 1.69 bits per heavy atom. The largest absolute Gasteiger partial charge is 0.326 e. The minimum Gasteiger partial charge on any atom is -0.326 e. The van der Waals surface area contributed by atoms with Crippen LogP contribution in [0.15, 0.2) is 29.4 Å². The molecule has 0 spiro atoms. The van der Waals surface area contributed by atoms with E-state index in [1.807, 2.05) is 41.5 Å². The van der Waals surface area contributed by atoms with E-state index in [-0.39, 0.29) is 23.0 Å². The first kappa shape index (κ1) is 20.1. The lowest BCUT2D eigenvalue weighted by Crippen LogP contribution is -2.27. The fourth-order valence-corrected chi connectivity index (χ4v) is 2.92. The molecule has 1 amide bonds. The van der Waals surface area contributed by atoms with Gasteiger partial charge in [0.15, 0.2) is 5.78 Å². The number of rotatable bonds is 5. The van der Waals surface area contributed by atoms with Crippen LogP contribution in [0.2, 0.25) is 0 Å². The van der Waals surface area contributed by atoms with Crippen molar-refractivity contribution in [1.29, 1.82) is 0 Å². The molecule has 0 aliphatic carbocycles. The zero-order valence-corrected chi connectivity index (χ0v) is 16.8. The number of benzene rings is 1. The molecule has 26 heavy (non-hydrogen) atoms. The van der Waals surface area contributed by atoms with Gasteiger partial charge in [-0.25, -0.2) is 4.68 Å². The first-order valence-electron chi connectivity index (χ1n) is 8.35. The summed E-state index contributed by atoms with van der Waals surface area (Å²) in [6.07, 6.45) is 0. The maximum absolute atomic E-state index is 12.4. The van der Waals surface area contributed by atoms with Crippen LogP contribution in [0.1, 0.15) is 51.9 Å². The Balaban J connectivity index is 1.99. The first-order valence-corrected chi connectivity index (χ1v) is 9.33. The Hall–Kier alpha value is -2.22. The van der Waals surface area contributed by atoms with Crippen molar-refractivity contribution in [1.82, 2.24) is 20.2 Å². The number of nitrogens with zero attached hydrogens (tertiary/aromatic N) is 4. The molecule has 0 saturated heterocycles. The molecular weight excluding hydrogens is 350 g/mol. The smallest absolute Gasteiger partial charge is 0.229 e. The molecule has 0 saturated carbocycles. The van der Waals surface area contributed by atoms with Gasteiger partial charge in [-0.1, -0.05) is 32.5 Å². The molecule has 1 aromatic carbocycles. The monoisotopic (exact) mass is 375 g/mol. The predicted molar refractivity (Wildman–Crippen MR) is 102 cm³/mol. The highest BCUT2D eigenvalue weighted by molar-refractivity contribution is 7.99. The van der Waals surface area contributed by atoms with Gasteiger partial charge in [-0.05, 0) is 55.5 Å². The molecule has 0 atom stereocenters. The summed E-state index contributed by atoms with van der Waals surface area (Å²) in [7, 11) is 0. The normalized spacial score (nSPS) is 12.1. The van der Waals surface area contributed by atoms with Gasteiger partial charge in [0.05, 0.1) is 11.3 Å². The Kier molecular flexibility index (Phi) is 5.85. The molecule has 0 bridgehead atoms. The number of hydrogen-bond donors (Lipinski definition) is 1. The van der Waals surface area contributed by atoms with Crippen LogP contribution >= 0.6 is 11.8 Å². The maximum Gasteiger partial charge on any atom is 0.229 e. The summed E-state index contributed by atoms with van der Waals surface area (Å²) in [6.45, 7) is 11.5. The molecule has 7 nitrogen and oxygen atoms in total. The van der Waals surface area contributed by atoms with Crippen LogP contribution < -0.4 is 5.32 Å². The topological polar surface area (TPSA) is 89.8 Å². The summed E-state index contributed by atoms with van der Waals surface area (Å²) in [5.41, 5.74) is 0.538. The van der Waals surface area contributed by atoms with Crippen molar-refractivity contribution < 1.29 is 9.59 Å². The Labute approximate surface area is 157 Å². The number of thioether (sulfide) groups is 1. The quantitative estimate of drug-likeness (QED) is 0.636. The molecule has 0 aliphatic rings. The van der Waals surface area contributed by atoms with Gasteiger partial charge in [0.2, 0.25) is 11.1 Å². The van der Waals surface area contributed by atoms with Crippen LogP contribution in [0.25, 0.3) is 0 Å². The van der Waals surface area contributed by atoms with Gasteiger partial charge in [-0.2, -0.15) is 0 Å². The van der Waals surface area contributed by atoms with Crippen LogP contribution in [0.3, 0.4) is 0 Å². The molecule has 0 aliphatic heterocycles. The molecule has 8 heteroatoms. The highest BCUT2D eigenvalue weighted by Crippen LogP contribution is 2.23. The second kappa shape index (κ2) is 7.57. The molecule has 0 radical (unpaired) electrons. The highest BCUT2D eigenvalue weighted by Gasteiger charge is 2.22. The summed E-state index contributed by atoms with van der Waals surface area (Å²) in [6, 6.07) is 6.91. The van der Waals surface area contributed by atoms with Gasteiger partial charge in [0.1, 0.15) is 0 Å². The van der Waals surface area contributed by atoms with Gasteiger partial charge in [-0.3, -0.25) is 9.59 Å². The molecular formula is C18H25N5O2S. The number of carbonyl (C=O) groups is 2. The molecule has 1 aromatic heterocycles. The Bertz CT molecular complexity index is 785. The van der Waals surface area contributed by atoms with Crippen molar-refractivity contribution in [3.05, 3.63) is 29.8 Å². The number of hydrogen-bond acceptors (Lipinski definition) is 6. The van der Waals surface area contributed by atoms with Gasteiger partial charge < -0.3 is 5.32 Å². The van der Waals surface area contributed by atoms with Gasteiger partial charge in [0, 0.05) is 16.7 Å². The molecule has 2 rings (SSSR count). The fourth-order valence-electron chi connectivity index (χ4n) is 1.96. The minimum atomic E-state index is -0.470. The second-order valence-corrected chi connectivity index (χ2v) is 8.98. The zero-order valence-electron chi connectivity index (χ0n) is 16.0. The Morgan fingerprint density at radius 1 is 1.08 bits per heavy atom. The fraction of sp³-hybridized carbons (Fsp3) is 0.500. The zero-order chi connectivity index (χ0) is 19.5. The van der Waals surface area contributed by atoms with Gasteiger partial charge in [-0.15, -0.1) is 5.10 Å². The lowest BCUT2D eigenvalue weighted by Gasteiger charge is -2.19. The predicted octanol–water partition coefficient (Wildman–Crippen LogP) is 3.39. The van der Waals surface area contributed by atoms with Crippen LogP contribution in [0.5, 0.6) is 0 Å². The van der Waals surface area contributed by atoms with Crippen molar-refractivity contribution in [2.45, 2.75) is 52.2 Å². The van der Waals surface area contributed by atoms with E-state index in [1.165, 1.54) is 11.8 Å². The van der Waals surface area contributed by atoms with Gasteiger partial charge in [0.25, 0.3) is 0 Å². The van der Waals surface area contributed by atoms with Crippen molar-refractivity contribution >= 4 is 29.1 Å². The van der Waals surface area contributed by atoms with Gasteiger partial charge >= 0.3 is 0 Å². The van der Waals surface area contributed by atoms with E-state index < -0.39 is 5.41 Å². The van der Waals surface area contributed by atoms with Crippen molar-refractivity contribution in [3.63, 3.8) is 0 Å². The van der Waals surface area contributed by atoms with E-state index >= 15 is 0 Å². The average molecular weight is 375 g/mol. The molecule has 1 N–H and O–H groups in total. The number of aromatic nitrogens is 4. The SMILES string of the molecule is CC(C)(C)C(=O)Nc1ccc(C(=O)CSc2nnnn2C(C)(C)C)cc1. The lowest BCUT2D eigenvalue weighted by atomic mass is 9.95. The van der Waals surface area contributed by atoms with Crippen LogP contribution in [-0.2, 0) is 10.3 Å². The van der Waals surface area contributed by atoms with Crippen LogP contribution in [-0.4, -0.2) is 37.7 Å². The second-order valence-electron chi connectivity index (χ2n) is 8.04. The van der Waals surface area contributed by atoms with E-state index in [9.17, 15) is 9.59 Å². The molecule has 2 aromatic rings. The van der Waals surface area contributed by atoms with Crippen molar-refractivity contribution in [2.24, 2.45) is 5.41 Å². The summed E-state index contributed by atoms with van der Waals surface area (Å²) < 4.78 is 1.70. The minimum absolute atomic E-state index is 0.0212. The average Bonchev–Trinajstić information content (AvgIpc) is 3.01. The third-order valence-corrected chi connectivity index (χ3v) is 4.47. The van der Waals surface area contributed by atoms with Crippen molar-refractivity contribution in [2.75, 3.05) is 11.1 Å².